The summed E-state index contributed by atoms with van der Waals surface area (Å²) in [6.45, 7) is 0. The molecule has 0 aliphatic carbocycles. The number of hydrogen-bond donors (Lipinski definition) is 8. The van der Waals surface area contributed by atoms with Gasteiger partial charge in [0.2, 0.25) is 0 Å². The van der Waals surface area contributed by atoms with E-state index in [1.165, 1.54) is 0 Å². The number of halogens is 2. The number of rotatable bonds is 10. The van der Waals surface area contributed by atoms with Crippen LogP contribution in [0.2, 0.25) is 0 Å². The molecule has 0 aromatic carbocycles. The monoisotopic (exact) mass is 580 g/mol. The Kier molecular flexibility index (Phi) is 16.4. The molecule has 19 nitrogen and oxygen atoms in total. The summed E-state index contributed by atoms with van der Waals surface area (Å²) in [7, 11) is -36.2. The zero-order valence-electron chi connectivity index (χ0n) is 11.6. The van der Waals surface area contributed by atoms with Gasteiger partial charge in [-0.15, -0.1) is 0 Å². The van der Waals surface area contributed by atoms with Gasteiger partial charge in [-0.3, -0.25) is 9.41 Å². The molecule has 172 valence electrons. The summed E-state index contributed by atoms with van der Waals surface area (Å²) >= 11 is 0. The minimum atomic E-state index is -6.26. The van der Waals surface area contributed by atoms with E-state index in [9.17, 15) is 27.4 Å². The molecular formula is H12CaF2O19P6. The Bertz CT molecular complexity index is 707. The summed E-state index contributed by atoms with van der Waals surface area (Å²) < 4.78 is 80.4. The van der Waals surface area contributed by atoms with Gasteiger partial charge in [0, 0.05) is 0 Å². The van der Waals surface area contributed by atoms with Gasteiger partial charge in [0.15, 0.2) is 0 Å². The van der Waals surface area contributed by atoms with Gasteiger partial charge >= 0.3 is 84.7 Å². The van der Waals surface area contributed by atoms with Crippen molar-refractivity contribution in [1.29, 1.82) is 0 Å². The van der Waals surface area contributed by atoms with Crippen LogP contribution in [0.1, 0.15) is 0 Å². The molecule has 0 saturated heterocycles. The van der Waals surface area contributed by atoms with Crippen LogP contribution in [-0.2, 0) is 48.9 Å². The SMILES string of the molecule is F.F.O=P(O)(O)OP(=O)(O)OP(=O)(O)OP(=O)(O)OP(=O)(O)OP(=O)(O)O.[CaH2]. The van der Waals surface area contributed by atoms with Gasteiger partial charge in [-0.25, -0.2) is 27.4 Å². The van der Waals surface area contributed by atoms with Gasteiger partial charge in [0.05, 0.1) is 0 Å². The molecule has 0 rings (SSSR count). The predicted molar refractivity (Wildman–Crippen MR) is 82.4 cm³/mol. The van der Waals surface area contributed by atoms with Crippen LogP contribution in [0.15, 0.2) is 0 Å². The van der Waals surface area contributed by atoms with Crippen molar-refractivity contribution in [3.63, 3.8) is 0 Å². The first kappa shape index (κ1) is 37.3. The predicted octanol–water partition coefficient (Wildman–Crippen LogP) is -0.955. The van der Waals surface area contributed by atoms with Crippen LogP contribution >= 0.6 is 46.9 Å². The standard InChI is InChI=1S/Ca.2FH.H8O19P6.2H/c;;;1-20(2,3)15-22(7,8)17-24(11,12)19-25(13,14)18-23(9,10)16-21(4,5)6;;/h;2*1H;(H,7,8)(H,9,10)(H,11,12)(H,13,14)(H2,1,2,3)(H2,4,5,6);;. The molecule has 0 bridgehead atoms. The first-order valence-corrected chi connectivity index (χ1v) is 13.6. The number of hydrogen-bond acceptors (Lipinski definition) is 11. The molecule has 0 fully saturated rings. The minimum absolute atomic E-state index is 0. The Balaban J connectivity index is -0.000000960. The second kappa shape index (κ2) is 12.3. The van der Waals surface area contributed by atoms with Gasteiger partial charge in [0.25, 0.3) is 0 Å². The van der Waals surface area contributed by atoms with Crippen molar-refractivity contribution in [1.82, 2.24) is 0 Å². The molecule has 28 heavy (non-hydrogen) atoms. The molecule has 0 aromatic heterocycles. The quantitative estimate of drug-likeness (QED) is 0.114. The molecule has 4 unspecified atom stereocenters. The van der Waals surface area contributed by atoms with Crippen molar-refractivity contribution in [3.05, 3.63) is 0 Å². The second-order valence-electron chi connectivity index (χ2n) is 3.26. The third kappa shape index (κ3) is 19.9. The van der Waals surface area contributed by atoms with Crippen LogP contribution in [0, 0.1) is 0 Å². The third-order valence-electron chi connectivity index (χ3n) is 1.04. The fourth-order valence-electron chi connectivity index (χ4n) is 0.720. The summed E-state index contributed by atoms with van der Waals surface area (Å²) in [4.78, 5) is 68.1. The zero-order valence-corrected chi connectivity index (χ0v) is 16.9. The molecule has 0 aromatic rings. The second-order valence-corrected chi connectivity index (χ2v) is 12.2. The average Bonchev–Trinajstić information content (AvgIpc) is 1.97. The summed E-state index contributed by atoms with van der Waals surface area (Å²) in [6, 6.07) is 0. The molecule has 4 atom stereocenters. The topological polar surface area (TPSA) is 310 Å². The van der Waals surface area contributed by atoms with E-state index in [0.717, 1.165) is 0 Å². The van der Waals surface area contributed by atoms with E-state index in [1.54, 1.807) is 0 Å². The molecule has 0 heterocycles. The van der Waals surface area contributed by atoms with Crippen molar-refractivity contribution in [2.75, 3.05) is 0 Å². The van der Waals surface area contributed by atoms with Crippen LogP contribution in [0.4, 0.5) is 9.41 Å². The normalized spacial score (nSPS) is 20.6. The maximum absolute atomic E-state index is 11.2. The van der Waals surface area contributed by atoms with Crippen molar-refractivity contribution in [2.45, 2.75) is 0 Å². The fourth-order valence-corrected chi connectivity index (χ4v) is 7.55. The van der Waals surface area contributed by atoms with Crippen LogP contribution in [-0.4, -0.2) is 76.9 Å². The molecule has 0 aliphatic heterocycles. The van der Waals surface area contributed by atoms with E-state index in [1.807, 2.05) is 0 Å². The van der Waals surface area contributed by atoms with Gasteiger partial charge in [-0.05, 0) is 0 Å². The molecule has 28 heteroatoms. The van der Waals surface area contributed by atoms with Gasteiger partial charge in [0.1, 0.15) is 0 Å². The summed E-state index contributed by atoms with van der Waals surface area (Å²) in [5.74, 6) is 0. The van der Waals surface area contributed by atoms with Gasteiger partial charge in [-0.2, -0.15) is 21.6 Å². The van der Waals surface area contributed by atoms with Crippen LogP contribution in [0.25, 0.3) is 0 Å². The van der Waals surface area contributed by atoms with Crippen molar-refractivity contribution in [3.8, 4) is 0 Å². The van der Waals surface area contributed by atoms with Crippen LogP contribution in [0.5, 0.6) is 0 Å². The van der Waals surface area contributed by atoms with Crippen LogP contribution < -0.4 is 0 Å². The molecule has 0 spiro atoms. The Labute approximate surface area is 181 Å². The average molecular weight is 580 g/mol. The number of phosphoric acid groups is 6. The van der Waals surface area contributed by atoms with Crippen molar-refractivity contribution >= 4 is 84.7 Å². The van der Waals surface area contributed by atoms with E-state index >= 15 is 0 Å². The molecule has 0 aliphatic rings. The molecular weight excluding hydrogens is 568 g/mol. The first-order chi connectivity index (χ1) is 10.5. The molecule has 0 saturated carbocycles. The van der Waals surface area contributed by atoms with Gasteiger partial charge < -0.3 is 39.1 Å². The van der Waals surface area contributed by atoms with E-state index in [0.29, 0.717) is 0 Å². The molecule has 0 amide bonds. The molecule has 8 N–H and O–H groups in total. The van der Waals surface area contributed by atoms with Crippen LogP contribution in [0.3, 0.4) is 0 Å². The van der Waals surface area contributed by atoms with E-state index < -0.39 is 46.9 Å². The van der Waals surface area contributed by atoms with Crippen molar-refractivity contribution < 1.29 is 97.5 Å². The first-order valence-electron chi connectivity index (χ1n) is 4.52. The zero-order chi connectivity index (χ0) is 20.5. The van der Waals surface area contributed by atoms with E-state index in [4.69, 9.17) is 39.1 Å². The van der Waals surface area contributed by atoms with Crippen molar-refractivity contribution in [2.24, 2.45) is 0 Å². The Morgan fingerprint density at radius 2 is 0.536 bits per heavy atom. The summed E-state index contributed by atoms with van der Waals surface area (Å²) in [5, 5.41) is 0. The summed E-state index contributed by atoms with van der Waals surface area (Å²) in [6.07, 6.45) is 0. The maximum atomic E-state index is 11.2. The Hall–Kier alpha value is 1.98. The Morgan fingerprint density at radius 1 is 0.393 bits per heavy atom. The summed E-state index contributed by atoms with van der Waals surface area (Å²) in [5.41, 5.74) is 0. The van der Waals surface area contributed by atoms with E-state index in [-0.39, 0.29) is 47.1 Å². The Morgan fingerprint density at radius 3 is 0.679 bits per heavy atom. The fraction of sp³-hybridized carbons (Fsp3) is 0. The third-order valence-corrected chi connectivity index (χ3v) is 9.34. The molecule has 0 radical (unpaired) electrons. The van der Waals surface area contributed by atoms with E-state index in [2.05, 4.69) is 21.6 Å². The van der Waals surface area contributed by atoms with Gasteiger partial charge in [-0.1, -0.05) is 0 Å².